The van der Waals surface area contributed by atoms with Crippen molar-refractivity contribution in [3.63, 3.8) is 0 Å². The minimum absolute atomic E-state index is 0.0147. The fourth-order valence-electron chi connectivity index (χ4n) is 7.09. The maximum absolute atomic E-state index is 16.7. The minimum Gasteiger partial charge on any atom is -0.461 e. The van der Waals surface area contributed by atoms with Crippen LogP contribution in [0.4, 0.5) is 15.0 Å². The number of benzene rings is 2. The van der Waals surface area contributed by atoms with Crippen LogP contribution in [0.5, 0.6) is 6.01 Å². The van der Waals surface area contributed by atoms with Gasteiger partial charge in [0.05, 0.1) is 17.0 Å². The van der Waals surface area contributed by atoms with Gasteiger partial charge in [-0.15, -0.1) is 0 Å². The number of aromatic nitrogens is 3. The molecule has 1 amide bonds. The summed E-state index contributed by atoms with van der Waals surface area (Å²) in [5.74, 6) is -0.0118. The van der Waals surface area contributed by atoms with Gasteiger partial charge in [0, 0.05) is 55.3 Å². The summed E-state index contributed by atoms with van der Waals surface area (Å²) in [5.41, 5.74) is 0.317. The van der Waals surface area contributed by atoms with E-state index in [4.69, 9.17) is 31.3 Å². The fourth-order valence-corrected chi connectivity index (χ4v) is 7.38. The molecule has 3 aliphatic rings. The molecular formula is C36H41ClFN7O3. The van der Waals surface area contributed by atoms with Crippen LogP contribution in [0.2, 0.25) is 5.02 Å². The summed E-state index contributed by atoms with van der Waals surface area (Å²) < 4.78 is 28.6. The fraction of sp³-hybridized carbons (Fsp3) is 0.472. The second-order valence-electron chi connectivity index (χ2n) is 13.5. The number of nitrogens with zero attached hydrogens (tertiary/aromatic N) is 7. The van der Waals surface area contributed by atoms with E-state index in [2.05, 4.69) is 14.9 Å². The van der Waals surface area contributed by atoms with Crippen molar-refractivity contribution >= 4 is 45.2 Å². The zero-order valence-corrected chi connectivity index (χ0v) is 28.7. The molecule has 2 aromatic heterocycles. The molecule has 5 heterocycles. The third-order valence-corrected chi connectivity index (χ3v) is 9.58. The molecule has 12 heteroatoms. The van der Waals surface area contributed by atoms with Gasteiger partial charge in [0.1, 0.15) is 29.2 Å². The molecular weight excluding hydrogens is 633 g/mol. The van der Waals surface area contributed by atoms with Gasteiger partial charge in [0.25, 0.3) is 0 Å². The van der Waals surface area contributed by atoms with E-state index in [-0.39, 0.29) is 28.9 Å². The summed E-state index contributed by atoms with van der Waals surface area (Å²) in [5, 5.41) is 9.96. The van der Waals surface area contributed by atoms with E-state index >= 15 is 4.39 Å². The van der Waals surface area contributed by atoms with Crippen LogP contribution < -0.4 is 9.64 Å². The third-order valence-electron chi connectivity index (χ3n) is 9.26. The van der Waals surface area contributed by atoms with E-state index in [1.807, 2.05) is 56.0 Å². The molecule has 3 fully saturated rings. The highest BCUT2D eigenvalue weighted by molar-refractivity contribution is 6.36. The van der Waals surface area contributed by atoms with Crippen LogP contribution in [0.1, 0.15) is 53.4 Å². The van der Waals surface area contributed by atoms with Gasteiger partial charge < -0.3 is 19.3 Å². The van der Waals surface area contributed by atoms with Crippen LogP contribution in [0.15, 0.2) is 42.6 Å². The second-order valence-corrected chi connectivity index (χ2v) is 13.9. The van der Waals surface area contributed by atoms with E-state index in [0.717, 1.165) is 49.5 Å². The summed E-state index contributed by atoms with van der Waals surface area (Å²) in [6, 6.07) is 13.2. The highest BCUT2D eigenvalue weighted by Gasteiger charge is 2.45. The van der Waals surface area contributed by atoms with E-state index in [1.165, 1.54) is 6.92 Å². The van der Waals surface area contributed by atoms with Crippen LogP contribution in [0.3, 0.4) is 0 Å². The number of ether oxygens (including phenoxy) is 2. The quantitative estimate of drug-likeness (QED) is 0.217. The molecule has 0 spiro atoms. The van der Waals surface area contributed by atoms with Gasteiger partial charge in [-0.25, -0.2) is 9.18 Å². The Bertz CT molecular complexity index is 1850. The molecule has 4 aromatic rings. The van der Waals surface area contributed by atoms with Gasteiger partial charge in [-0.1, -0.05) is 41.9 Å². The Morgan fingerprint density at radius 3 is 2.38 bits per heavy atom. The van der Waals surface area contributed by atoms with Crippen LogP contribution in [-0.2, 0) is 4.74 Å². The number of pyridine rings is 1. The second kappa shape index (κ2) is 13.7. The standard InChI is InChI=1S/C34H38ClFN6O3.C2H3N/c1-33(2,3)45-32(43)41-18-16-40(17-19-41)30-24-20-37-28(23-10-4-8-22-9-5-11-25(35)26(22)23)27(36)29(24)38-31(39-30)44-21-34-12-6-14-42(34)15-7-13-34;1-2-3/h4-5,8-11,20H,6-7,12-19,21H2,1-3H3;1H3. The molecule has 0 radical (unpaired) electrons. The summed E-state index contributed by atoms with van der Waals surface area (Å²) in [6.45, 7) is 11.5. The number of fused-ring (bicyclic) bond motifs is 3. The molecule has 0 N–H and O–H groups in total. The number of carbonyl (C=O) groups excluding carboxylic acids is 1. The van der Waals surface area contributed by atoms with Gasteiger partial charge in [0.15, 0.2) is 5.82 Å². The molecule has 0 saturated carbocycles. The van der Waals surface area contributed by atoms with Gasteiger partial charge >= 0.3 is 12.1 Å². The number of nitriles is 1. The Morgan fingerprint density at radius 2 is 1.71 bits per heavy atom. The first-order valence-corrected chi connectivity index (χ1v) is 16.9. The Morgan fingerprint density at radius 1 is 1.04 bits per heavy atom. The Labute approximate surface area is 285 Å². The summed E-state index contributed by atoms with van der Waals surface area (Å²) in [6.07, 6.45) is 5.73. The van der Waals surface area contributed by atoms with Crippen molar-refractivity contribution < 1.29 is 18.7 Å². The predicted octanol–water partition coefficient (Wildman–Crippen LogP) is 7.23. The Kier molecular flexibility index (Phi) is 9.59. The molecule has 0 bridgehead atoms. The molecule has 10 nitrogen and oxygen atoms in total. The highest BCUT2D eigenvalue weighted by atomic mass is 35.5. The van der Waals surface area contributed by atoms with Gasteiger partial charge in [-0.05, 0) is 71.0 Å². The van der Waals surface area contributed by atoms with Crippen molar-refractivity contribution in [3.8, 4) is 23.3 Å². The van der Waals surface area contributed by atoms with Crippen LogP contribution in [0, 0.1) is 17.1 Å². The van der Waals surface area contributed by atoms with Gasteiger partial charge in [-0.3, -0.25) is 9.88 Å². The lowest BCUT2D eigenvalue weighted by molar-refractivity contribution is 0.0240. The van der Waals surface area contributed by atoms with Crippen molar-refractivity contribution in [2.45, 2.75) is 64.5 Å². The summed E-state index contributed by atoms with van der Waals surface area (Å²) >= 11 is 6.61. The maximum atomic E-state index is 16.7. The van der Waals surface area contributed by atoms with Gasteiger partial charge in [0.2, 0.25) is 0 Å². The smallest absolute Gasteiger partial charge is 0.410 e. The molecule has 252 valence electrons. The Balaban J connectivity index is 0.00000129. The van der Waals surface area contributed by atoms with Crippen LogP contribution in [0.25, 0.3) is 32.9 Å². The number of amides is 1. The summed E-state index contributed by atoms with van der Waals surface area (Å²) in [4.78, 5) is 33.1. The van der Waals surface area contributed by atoms with E-state index in [0.29, 0.717) is 54.6 Å². The lowest BCUT2D eigenvalue weighted by atomic mass is 9.95. The molecule has 3 aliphatic heterocycles. The van der Waals surface area contributed by atoms with E-state index in [1.54, 1.807) is 23.2 Å². The number of hydrogen-bond donors (Lipinski definition) is 0. The molecule has 0 atom stereocenters. The number of piperazine rings is 1. The normalized spacial score (nSPS) is 17.5. The topological polar surface area (TPSA) is 108 Å². The first kappa shape index (κ1) is 33.6. The van der Waals surface area contributed by atoms with Crippen molar-refractivity contribution in [3.05, 3.63) is 53.4 Å². The highest BCUT2D eigenvalue weighted by Crippen LogP contribution is 2.40. The molecule has 7 rings (SSSR count). The molecule has 3 saturated heterocycles. The van der Waals surface area contributed by atoms with E-state index in [9.17, 15) is 4.79 Å². The van der Waals surface area contributed by atoms with E-state index < -0.39 is 11.4 Å². The number of rotatable bonds is 5. The van der Waals surface area contributed by atoms with Crippen molar-refractivity contribution in [1.82, 2.24) is 24.8 Å². The molecule has 2 aromatic carbocycles. The maximum Gasteiger partial charge on any atom is 0.410 e. The van der Waals surface area contributed by atoms with Crippen molar-refractivity contribution in [1.29, 1.82) is 5.26 Å². The lowest BCUT2D eigenvalue weighted by Crippen LogP contribution is -2.50. The van der Waals surface area contributed by atoms with Crippen LogP contribution in [-0.4, -0.2) is 87.9 Å². The monoisotopic (exact) mass is 673 g/mol. The number of anilines is 1. The predicted molar refractivity (Wildman–Crippen MR) is 185 cm³/mol. The molecule has 48 heavy (non-hydrogen) atoms. The molecule has 0 aliphatic carbocycles. The van der Waals surface area contributed by atoms with Crippen molar-refractivity contribution in [2.24, 2.45) is 0 Å². The largest absolute Gasteiger partial charge is 0.461 e. The zero-order chi connectivity index (χ0) is 34.1. The SMILES string of the molecule is CC#N.CC(C)(C)OC(=O)N1CCN(c2nc(OCC34CCCN3CCC4)nc3c(F)c(-c4cccc5cccc(Cl)c45)ncc23)CC1. The average molecular weight is 674 g/mol. The zero-order valence-electron chi connectivity index (χ0n) is 27.9. The lowest BCUT2D eigenvalue weighted by Gasteiger charge is -2.36. The number of halogens is 2. The number of hydrogen-bond acceptors (Lipinski definition) is 9. The van der Waals surface area contributed by atoms with Crippen LogP contribution >= 0.6 is 11.6 Å². The first-order chi connectivity index (χ1) is 23.0. The molecule has 0 unspecified atom stereocenters. The average Bonchev–Trinajstić information content (AvgIpc) is 3.64. The van der Waals surface area contributed by atoms with Crippen molar-refractivity contribution in [2.75, 3.05) is 50.8 Å². The summed E-state index contributed by atoms with van der Waals surface area (Å²) in [7, 11) is 0. The first-order valence-electron chi connectivity index (χ1n) is 16.5. The van der Waals surface area contributed by atoms with Gasteiger partial charge in [-0.2, -0.15) is 15.2 Å². The Hall–Kier alpha value is -4.27. The number of carbonyl (C=O) groups is 1. The minimum atomic E-state index is -0.577. The third kappa shape index (κ3) is 6.69.